The normalized spacial score (nSPS) is 10.8. The van der Waals surface area contributed by atoms with Crippen LogP contribution in [0.15, 0.2) is 48.8 Å². The van der Waals surface area contributed by atoms with Crippen LogP contribution in [0.2, 0.25) is 0 Å². The number of nitrogens with two attached hydrogens (primary N) is 1. The topological polar surface area (TPSA) is 54.7 Å². The van der Waals surface area contributed by atoms with E-state index in [0.29, 0.717) is 0 Å². The molecule has 0 aliphatic rings. The van der Waals surface area contributed by atoms with Crippen LogP contribution < -0.4 is 5.73 Å². The smallest absolute Gasteiger partial charge is 0.0501 e. The number of pyridine rings is 1. The molecule has 1 aromatic carbocycles. The standard InChI is InChI=1S/C13H11N3/c14-11-5-6-15-8-10(11)13-7-9-3-1-2-4-12(9)16-13/h1-8,16H,(H2,14,15). The molecule has 0 amide bonds. The van der Waals surface area contributed by atoms with Crippen LogP contribution in [0, 0.1) is 0 Å². The minimum absolute atomic E-state index is 0.738. The number of nitrogen functional groups attached to an aromatic ring is 1. The van der Waals surface area contributed by atoms with Gasteiger partial charge in [-0.05, 0) is 18.2 Å². The average Bonchev–Trinajstić information content (AvgIpc) is 2.73. The van der Waals surface area contributed by atoms with Crippen molar-refractivity contribution in [1.82, 2.24) is 9.97 Å². The molecule has 0 radical (unpaired) electrons. The summed E-state index contributed by atoms with van der Waals surface area (Å²) in [4.78, 5) is 7.42. The van der Waals surface area contributed by atoms with Crippen LogP contribution in [0.3, 0.4) is 0 Å². The van der Waals surface area contributed by atoms with Crippen LogP contribution in [-0.4, -0.2) is 9.97 Å². The van der Waals surface area contributed by atoms with Gasteiger partial charge in [-0.3, -0.25) is 4.98 Å². The van der Waals surface area contributed by atoms with Crippen molar-refractivity contribution in [3.63, 3.8) is 0 Å². The zero-order valence-electron chi connectivity index (χ0n) is 8.64. The van der Waals surface area contributed by atoms with Crippen LogP contribution in [0.5, 0.6) is 0 Å². The van der Waals surface area contributed by atoms with E-state index in [1.165, 1.54) is 5.39 Å². The van der Waals surface area contributed by atoms with Gasteiger partial charge in [0, 0.05) is 34.5 Å². The third kappa shape index (κ3) is 1.34. The number of aromatic amines is 1. The number of hydrogen-bond donors (Lipinski definition) is 2. The lowest BCUT2D eigenvalue weighted by molar-refractivity contribution is 1.32. The van der Waals surface area contributed by atoms with Crippen LogP contribution in [0.1, 0.15) is 0 Å². The van der Waals surface area contributed by atoms with E-state index in [4.69, 9.17) is 5.73 Å². The van der Waals surface area contributed by atoms with Crippen molar-refractivity contribution >= 4 is 16.6 Å². The van der Waals surface area contributed by atoms with Crippen LogP contribution in [0.4, 0.5) is 5.69 Å². The molecule has 0 atom stereocenters. The van der Waals surface area contributed by atoms with Crippen molar-refractivity contribution in [2.24, 2.45) is 0 Å². The molecule has 0 aliphatic heterocycles. The summed E-state index contributed by atoms with van der Waals surface area (Å²) in [5.74, 6) is 0. The lowest BCUT2D eigenvalue weighted by Crippen LogP contribution is -1.90. The molecule has 3 N–H and O–H groups in total. The Balaban J connectivity index is 2.23. The van der Waals surface area contributed by atoms with Gasteiger partial charge in [0.25, 0.3) is 0 Å². The number of benzene rings is 1. The minimum Gasteiger partial charge on any atom is -0.398 e. The lowest BCUT2D eigenvalue weighted by atomic mass is 10.1. The molecule has 3 nitrogen and oxygen atoms in total. The van der Waals surface area contributed by atoms with Gasteiger partial charge in [-0.15, -0.1) is 0 Å². The van der Waals surface area contributed by atoms with E-state index in [2.05, 4.69) is 22.1 Å². The van der Waals surface area contributed by atoms with Crippen molar-refractivity contribution in [3.8, 4) is 11.3 Å². The van der Waals surface area contributed by atoms with Gasteiger partial charge in [0.1, 0.15) is 0 Å². The number of aromatic nitrogens is 2. The Morgan fingerprint density at radius 3 is 2.81 bits per heavy atom. The largest absolute Gasteiger partial charge is 0.398 e. The lowest BCUT2D eigenvalue weighted by Gasteiger charge is -2.00. The molecule has 2 aromatic heterocycles. The second kappa shape index (κ2) is 3.38. The van der Waals surface area contributed by atoms with Gasteiger partial charge in [0.15, 0.2) is 0 Å². The van der Waals surface area contributed by atoms with Crippen LogP contribution >= 0.6 is 0 Å². The van der Waals surface area contributed by atoms with Gasteiger partial charge in [0.2, 0.25) is 0 Å². The maximum Gasteiger partial charge on any atom is 0.0501 e. The summed E-state index contributed by atoms with van der Waals surface area (Å²) < 4.78 is 0. The molecule has 3 rings (SSSR count). The van der Waals surface area contributed by atoms with Crippen molar-refractivity contribution in [2.75, 3.05) is 5.73 Å². The highest BCUT2D eigenvalue weighted by molar-refractivity contribution is 5.87. The highest BCUT2D eigenvalue weighted by Gasteiger charge is 2.05. The van der Waals surface area contributed by atoms with Crippen LogP contribution in [-0.2, 0) is 0 Å². The third-order valence-electron chi connectivity index (χ3n) is 2.67. The predicted molar refractivity (Wildman–Crippen MR) is 65.9 cm³/mol. The van der Waals surface area contributed by atoms with E-state index in [0.717, 1.165) is 22.5 Å². The predicted octanol–water partition coefficient (Wildman–Crippen LogP) is 2.81. The summed E-state index contributed by atoms with van der Waals surface area (Å²) in [6.45, 7) is 0. The van der Waals surface area contributed by atoms with Gasteiger partial charge in [-0.1, -0.05) is 18.2 Å². The number of rotatable bonds is 1. The van der Waals surface area contributed by atoms with Gasteiger partial charge in [-0.25, -0.2) is 0 Å². The van der Waals surface area contributed by atoms with Crippen molar-refractivity contribution < 1.29 is 0 Å². The number of nitrogens with one attached hydrogen (secondary N) is 1. The molecule has 0 aliphatic carbocycles. The highest BCUT2D eigenvalue weighted by atomic mass is 14.7. The van der Waals surface area contributed by atoms with E-state index < -0.39 is 0 Å². The zero-order valence-corrected chi connectivity index (χ0v) is 8.64. The number of hydrogen-bond acceptors (Lipinski definition) is 2. The summed E-state index contributed by atoms with van der Waals surface area (Å²) in [7, 11) is 0. The van der Waals surface area contributed by atoms with E-state index in [-0.39, 0.29) is 0 Å². The molecule has 2 heterocycles. The first-order valence-corrected chi connectivity index (χ1v) is 5.12. The van der Waals surface area contributed by atoms with Gasteiger partial charge in [-0.2, -0.15) is 0 Å². The van der Waals surface area contributed by atoms with E-state index in [9.17, 15) is 0 Å². The SMILES string of the molecule is Nc1ccncc1-c1cc2ccccc2[nH]1. The second-order valence-corrected chi connectivity index (χ2v) is 3.73. The maximum absolute atomic E-state index is 5.91. The van der Waals surface area contributed by atoms with Gasteiger partial charge >= 0.3 is 0 Å². The highest BCUT2D eigenvalue weighted by Crippen LogP contribution is 2.27. The number of para-hydroxylation sites is 1. The molecule has 0 saturated carbocycles. The summed E-state index contributed by atoms with van der Waals surface area (Å²) in [6.07, 6.45) is 3.47. The molecular formula is C13H11N3. The van der Waals surface area contributed by atoms with Crippen molar-refractivity contribution in [2.45, 2.75) is 0 Å². The fourth-order valence-corrected chi connectivity index (χ4v) is 1.85. The molecular weight excluding hydrogens is 198 g/mol. The molecule has 0 unspecified atom stereocenters. The van der Waals surface area contributed by atoms with E-state index in [1.807, 2.05) is 18.2 Å². The summed E-state index contributed by atoms with van der Waals surface area (Å²) in [6, 6.07) is 12.0. The summed E-state index contributed by atoms with van der Waals surface area (Å²) >= 11 is 0. The number of H-pyrrole nitrogens is 1. The van der Waals surface area contributed by atoms with E-state index in [1.54, 1.807) is 18.5 Å². The molecule has 0 fully saturated rings. The first-order valence-electron chi connectivity index (χ1n) is 5.12. The minimum atomic E-state index is 0.738. The number of anilines is 1. The molecule has 3 heteroatoms. The molecule has 78 valence electrons. The second-order valence-electron chi connectivity index (χ2n) is 3.73. The summed E-state index contributed by atoms with van der Waals surface area (Å²) in [5, 5.41) is 1.18. The fraction of sp³-hybridized carbons (Fsp3) is 0. The first kappa shape index (κ1) is 8.97. The Kier molecular flexibility index (Phi) is 1.90. The van der Waals surface area contributed by atoms with Crippen molar-refractivity contribution in [1.29, 1.82) is 0 Å². The van der Waals surface area contributed by atoms with E-state index >= 15 is 0 Å². The molecule has 0 bridgehead atoms. The van der Waals surface area contributed by atoms with Gasteiger partial charge in [0.05, 0.1) is 5.69 Å². The molecule has 16 heavy (non-hydrogen) atoms. The van der Waals surface area contributed by atoms with Crippen LogP contribution in [0.25, 0.3) is 22.2 Å². The zero-order chi connectivity index (χ0) is 11.0. The quantitative estimate of drug-likeness (QED) is 0.647. The Bertz CT molecular complexity index is 607. The monoisotopic (exact) mass is 209 g/mol. The number of fused-ring (bicyclic) bond motifs is 1. The maximum atomic E-state index is 5.91. The fourth-order valence-electron chi connectivity index (χ4n) is 1.85. The Labute approximate surface area is 92.9 Å². The Hall–Kier alpha value is -2.29. The first-order chi connectivity index (χ1) is 7.84. The van der Waals surface area contributed by atoms with Crippen molar-refractivity contribution in [3.05, 3.63) is 48.8 Å². The molecule has 3 aromatic rings. The van der Waals surface area contributed by atoms with Gasteiger partial charge < -0.3 is 10.7 Å². The number of nitrogens with zero attached hydrogens (tertiary/aromatic N) is 1. The molecule has 0 spiro atoms. The Morgan fingerprint density at radius 1 is 1.12 bits per heavy atom. The Morgan fingerprint density at radius 2 is 2.00 bits per heavy atom. The molecule has 0 saturated heterocycles. The third-order valence-corrected chi connectivity index (χ3v) is 2.67. The average molecular weight is 209 g/mol. The summed E-state index contributed by atoms with van der Waals surface area (Å²) in [5.41, 5.74) is 9.71.